The van der Waals surface area contributed by atoms with Crippen LogP contribution >= 0.6 is 0 Å². The van der Waals surface area contributed by atoms with Crippen molar-refractivity contribution < 1.29 is 19.1 Å². The summed E-state index contributed by atoms with van der Waals surface area (Å²) in [7, 11) is 0. The van der Waals surface area contributed by atoms with Crippen LogP contribution in [-0.2, 0) is 27.4 Å². The molecule has 1 aromatic carbocycles. The fourth-order valence-electron chi connectivity index (χ4n) is 5.32. The molecule has 3 unspecified atom stereocenters. The van der Waals surface area contributed by atoms with Gasteiger partial charge < -0.3 is 15.4 Å². The number of amides is 3. The van der Waals surface area contributed by atoms with Gasteiger partial charge in [-0.2, -0.15) is 0 Å². The van der Waals surface area contributed by atoms with Crippen LogP contribution in [-0.4, -0.2) is 64.9 Å². The average Bonchev–Trinajstić information content (AvgIpc) is 3.35. The van der Waals surface area contributed by atoms with E-state index >= 15 is 0 Å². The Hall–Kier alpha value is -2.29. The van der Waals surface area contributed by atoms with Crippen molar-refractivity contribution in [1.29, 1.82) is 0 Å². The van der Waals surface area contributed by atoms with E-state index in [2.05, 4.69) is 16.3 Å². The van der Waals surface area contributed by atoms with Crippen LogP contribution in [0.2, 0.25) is 0 Å². The van der Waals surface area contributed by atoms with Crippen molar-refractivity contribution in [3.05, 3.63) is 34.9 Å². The van der Waals surface area contributed by atoms with Gasteiger partial charge in [0.2, 0.25) is 11.8 Å². The van der Waals surface area contributed by atoms with E-state index in [0.29, 0.717) is 25.1 Å². The number of piperidine rings is 1. The number of ether oxygens (including phenoxy) is 1. The summed E-state index contributed by atoms with van der Waals surface area (Å²) < 4.78 is 5.67. The Kier molecular flexibility index (Phi) is 4.45. The Labute approximate surface area is 169 Å². The van der Waals surface area contributed by atoms with Gasteiger partial charge in [-0.25, -0.2) is 0 Å². The molecule has 0 saturated carbocycles. The maximum absolute atomic E-state index is 13.0. The molecule has 3 fully saturated rings. The molecule has 3 N–H and O–H groups in total. The summed E-state index contributed by atoms with van der Waals surface area (Å²) in [5.74, 6) is -0.781. The van der Waals surface area contributed by atoms with Crippen LogP contribution < -0.4 is 11.1 Å². The Morgan fingerprint density at radius 3 is 2.90 bits per heavy atom. The minimum atomic E-state index is -0.577. The maximum atomic E-state index is 13.0. The molecule has 4 aliphatic rings. The van der Waals surface area contributed by atoms with Crippen LogP contribution in [0.5, 0.6) is 0 Å². The molecule has 1 aromatic rings. The minimum absolute atomic E-state index is 0.0151. The molecule has 3 saturated heterocycles. The zero-order valence-electron chi connectivity index (χ0n) is 16.4. The van der Waals surface area contributed by atoms with Gasteiger partial charge in [0.15, 0.2) is 0 Å². The number of imide groups is 1. The quantitative estimate of drug-likeness (QED) is 0.702. The van der Waals surface area contributed by atoms with E-state index in [4.69, 9.17) is 10.5 Å². The number of nitrogens with one attached hydrogen (secondary N) is 1. The first-order valence-electron chi connectivity index (χ1n) is 10.3. The van der Waals surface area contributed by atoms with Crippen LogP contribution in [0.15, 0.2) is 18.2 Å². The number of fused-ring (bicyclic) bond motifs is 1. The summed E-state index contributed by atoms with van der Waals surface area (Å²) in [5, 5.41) is 2.34. The molecule has 29 heavy (non-hydrogen) atoms. The zero-order chi connectivity index (χ0) is 20.2. The van der Waals surface area contributed by atoms with Crippen LogP contribution in [0.4, 0.5) is 0 Å². The zero-order valence-corrected chi connectivity index (χ0v) is 16.4. The summed E-state index contributed by atoms with van der Waals surface area (Å²) in [5.41, 5.74) is 8.93. The van der Waals surface area contributed by atoms with Gasteiger partial charge in [0.1, 0.15) is 6.04 Å². The minimum Gasteiger partial charge on any atom is -0.379 e. The fraction of sp³-hybridized carbons (Fsp3) is 0.571. The molecule has 3 atom stereocenters. The average molecular weight is 398 g/mol. The molecule has 1 spiro atoms. The van der Waals surface area contributed by atoms with Gasteiger partial charge in [-0.15, -0.1) is 0 Å². The number of nitrogens with two attached hydrogens (primary N) is 1. The number of hydrogen-bond acceptors (Lipinski definition) is 6. The van der Waals surface area contributed by atoms with Gasteiger partial charge in [0, 0.05) is 49.8 Å². The van der Waals surface area contributed by atoms with Gasteiger partial charge in [-0.3, -0.25) is 24.6 Å². The van der Waals surface area contributed by atoms with Crippen molar-refractivity contribution in [2.75, 3.05) is 19.8 Å². The van der Waals surface area contributed by atoms with E-state index in [1.807, 2.05) is 12.1 Å². The Balaban J connectivity index is 1.34. The molecule has 4 aliphatic heterocycles. The molecule has 0 bridgehead atoms. The van der Waals surface area contributed by atoms with E-state index in [1.54, 1.807) is 4.90 Å². The van der Waals surface area contributed by atoms with Gasteiger partial charge in [0.05, 0.1) is 6.61 Å². The van der Waals surface area contributed by atoms with Crippen molar-refractivity contribution in [3.8, 4) is 0 Å². The van der Waals surface area contributed by atoms with Gasteiger partial charge in [-0.1, -0.05) is 12.1 Å². The second kappa shape index (κ2) is 6.90. The van der Waals surface area contributed by atoms with E-state index < -0.39 is 6.04 Å². The molecule has 0 aliphatic carbocycles. The van der Waals surface area contributed by atoms with Crippen molar-refractivity contribution in [2.45, 2.75) is 56.4 Å². The fourth-order valence-corrected chi connectivity index (χ4v) is 5.32. The highest BCUT2D eigenvalue weighted by molar-refractivity contribution is 6.05. The maximum Gasteiger partial charge on any atom is 0.255 e. The number of nitrogens with zero attached hydrogens (tertiary/aromatic N) is 2. The van der Waals surface area contributed by atoms with Gasteiger partial charge in [0.25, 0.3) is 5.91 Å². The van der Waals surface area contributed by atoms with Crippen molar-refractivity contribution in [3.63, 3.8) is 0 Å². The van der Waals surface area contributed by atoms with E-state index in [0.717, 1.165) is 43.7 Å². The molecule has 0 radical (unpaired) electrons. The van der Waals surface area contributed by atoms with E-state index in [-0.39, 0.29) is 35.7 Å². The number of rotatable bonds is 3. The SMILES string of the molecule is NC1CN(Cc2ccc3c(c2)C(=O)N(C2CCC(=O)NC2=O)C3)C2(CCOC2)C1. The van der Waals surface area contributed by atoms with Gasteiger partial charge >= 0.3 is 0 Å². The summed E-state index contributed by atoms with van der Waals surface area (Å²) in [6.45, 7) is 3.46. The molecule has 154 valence electrons. The number of benzene rings is 1. The van der Waals surface area contributed by atoms with Gasteiger partial charge in [-0.05, 0) is 36.5 Å². The number of carbonyl (C=O) groups excluding carboxylic acids is 3. The lowest BCUT2D eigenvalue weighted by Crippen LogP contribution is -2.52. The summed E-state index contributed by atoms with van der Waals surface area (Å²) in [6.07, 6.45) is 2.58. The van der Waals surface area contributed by atoms with Crippen LogP contribution in [0, 0.1) is 0 Å². The third-order valence-electron chi connectivity index (χ3n) is 6.82. The second-order valence-electron chi connectivity index (χ2n) is 8.76. The molecule has 0 aromatic heterocycles. The van der Waals surface area contributed by atoms with Crippen molar-refractivity contribution in [2.24, 2.45) is 5.73 Å². The third kappa shape index (κ3) is 3.15. The highest BCUT2D eigenvalue weighted by Crippen LogP contribution is 2.37. The summed E-state index contributed by atoms with van der Waals surface area (Å²) in [4.78, 5) is 40.6. The number of likely N-dealkylation sites (tertiary alicyclic amines) is 1. The molecule has 8 nitrogen and oxygen atoms in total. The number of carbonyl (C=O) groups is 3. The van der Waals surface area contributed by atoms with E-state index in [9.17, 15) is 14.4 Å². The lowest BCUT2D eigenvalue weighted by Gasteiger charge is -2.33. The van der Waals surface area contributed by atoms with Crippen LogP contribution in [0.3, 0.4) is 0 Å². The monoisotopic (exact) mass is 398 g/mol. The summed E-state index contributed by atoms with van der Waals surface area (Å²) in [6, 6.07) is 5.58. The smallest absolute Gasteiger partial charge is 0.255 e. The number of hydrogen-bond donors (Lipinski definition) is 2. The second-order valence-corrected chi connectivity index (χ2v) is 8.76. The highest BCUT2D eigenvalue weighted by atomic mass is 16.5. The molecule has 3 amide bonds. The topological polar surface area (TPSA) is 105 Å². The largest absolute Gasteiger partial charge is 0.379 e. The first kappa shape index (κ1) is 18.7. The molecular formula is C21H26N4O4. The Morgan fingerprint density at radius 1 is 1.28 bits per heavy atom. The third-order valence-corrected chi connectivity index (χ3v) is 6.82. The molecule has 4 heterocycles. The van der Waals surface area contributed by atoms with Crippen molar-refractivity contribution in [1.82, 2.24) is 15.1 Å². The predicted molar refractivity (Wildman–Crippen MR) is 104 cm³/mol. The summed E-state index contributed by atoms with van der Waals surface area (Å²) >= 11 is 0. The standard InChI is InChI=1S/C21H26N4O4/c22-15-8-21(5-6-29-12-21)24(11-15)9-13-1-2-14-10-25(20(28)16(14)7-13)17-3-4-18(26)23-19(17)27/h1-2,7,15,17H,3-6,8-12,22H2,(H,23,26,27). The van der Waals surface area contributed by atoms with E-state index in [1.165, 1.54) is 0 Å². The molecular weight excluding hydrogens is 372 g/mol. The van der Waals surface area contributed by atoms with Crippen LogP contribution in [0.1, 0.15) is 47.2 Å². The first-order chi connectivity index (χ1) is 13.9. The lowest BCUT2D eigenvalue weighted by molar-refractivity contribution is -0.136. The lowest BCUT2D eigenvalue weighted by atomic mass is 9.93. The predicted octanol–water partition coefficient (Wildman–Crippen LogP) is 0.140. The first-order valence-corrected chi connectivity index (χ1v) is 10.3. The van der Waals surface area contributed by atoms with Crippen molar-refractivity contribution >= 4 is 17.7 Å². The molecule has 5 rings (SSSR count). The highest BCUT2D eigenvalue weighted by Gasteiger charge is 2.47. The van der Waals surface area contributed by atoms with Crippen LogP contribution in [0.25, 0.3) is 0 Å². The Bertz CT molecular complexity index is 879. The molecule has 8 heteroatoms. The normalized spacial score (nSPS) is 32.3. The Morgan fingerprint density at radius 2 is 2.14 bits per heavy atom.